The highest BCUT2D eigenvalue weighted by Gasteiger charge is 1.84. The van der Waals surface area contributed by atoms with Crippen LogP contribution in [0.4, 0.5) is 0 Å². The van der Waals surface area contributed by atoms with Gasteiger partial charge < -0.3 is 19.9 Å². The summed E-state index contributed by atoms with van der Waals surface area (Å²) in [6, 6.07) is 0. The van der Waals surface area contributed by atoms with E-state index in [2.05, 4.69) is 6.92 Å². The average molecular weight is 189 g/mol. The third kappa shape index (κ3) is 11.3. The van der Waals surface area contributed by atoms with Gasteiger partial charge in [-0.15, -0.1) is 0 Å². The van der Waals surface area contributed by atoms with E-state index in [4.69, 9.17) is 19.9 Å². The van der Waals surface area contributed by atoms with Crippen molar-refractivity contribution in [3.63, 3.8) is 0 Å². The first-order valence-electron chi connectivity index (χ1n) is 4.57. The zero-order chi connectivity index (χ0) is 9.78. The molecule has 0 aliphatic rings. The Kier molecular flexibility index (Phi) is 10.6. The molecule has 0 rings (SSSR count). The van der Waals surface area contributed by atoms with Gasteiger partial charge in [-0.25, -0.2) is 0 Å². The molecule has 0 saturated carbocycles. The molecule has 78 valence electrons. The molecule has 0 heterocycles. The second-order valence-electron chi connectivity index (χ2n) is 2.41. The molecule has 13 heavy (non-hydrogen) atoms. The van der Waals surface area contributed by atoms with Crippen LogP contribution in [0, 0.1) is 0 Å². The highest BCUT2D eigenvalue weighted by Crippen LogP contribution is 1.83. The minimum absolute atomic E-state index is 0.518. The minimum atomic E-state index is 0.518. The molecule has 0 aliphatic carbocycles. The van der Waals surface area contributed by atoms with Gasteiger partial charge in [0.25, 0.3) is 0 Å². The molecule has 0 aromatic carbocycles. The van der Waals surface area contributed by atoms with E-state index < -0.39 is 0 Å². The third-order valence-corrected chi connectivity index (χ3v) is 1.18. The Hall–Kier alpha value is -0.740. The predicted molar refractivity (Wildman–Crippen MR) is 51.2 cm³/mol. The van der Waals surface area contributed by atoms with Gasteiger partial charge in [0.1, 0.15) is 19.1 Å². The lowest BCUT2D eigenvalue weighted by Crippen LogP contribution is -2.05. The number of ether oxygens (including phenoxy) is 3. The van der Waals surface area contributed by atoms with Crippen LogP contribution in [0.1, 0.15) is 13.3 Å². The summed E-state index contributed by atoms with van der Waals surface area (Å²) in [5, 5.41) is 0. The predicted octanol–water partition coefficient (Wildman–Crippen LogP) is 0.876. The van der Waals surface area contributed by atoms with Gasteiger partial charge >= 0.3 is 0 Å². The van der Waals surface area contributed by atoms with Gasteiger partial charge in [0, 0.05) is 13.2 Å². The minimum Gasteiger partial charge on any atom is -0.497 e. The maximum atomic E-state index is 5.20. The number of hydrogen-bond donors (Lipinski definition) is 1. The normalized spacial score (nSPS) is 10.6. The zero-order valence-electron chi connectivity index (χ0n) is 8.20. The molecule has 0 aromatic rings. The Labute approximate surface area is 79.6 Å². The van der Waals surface area contributed by atoms with Crippen LogP contribution in [0.25, 0.3) is 0 Å². The Morgan fingerprint density at radius 1 is 1.00 bits per heavy atom. The molecule has 0 radical (unpaired) electrons. The summed E-state index contributed by atoms with van der Waals surface area (Å²) in [5.74, 6) is 0. The molecular formula is C9H19NO3. The molecule has 4 heteroatoms. The monoisotopic (exact) mass is 189 g/mol. The summed E-state index contributed by atoms with van der Waals surface area (Å²) in [6.45, 7) is 5.08. The van der Waals surface area contributed by atoms with E-state index in [0.717, 1.165) is 13.0 Å². The molecule has 0 bridgehead atoms. The highest BCUT2D eigenvalue weighted by atomic mass is 16.5. The van der Waals surface area contributed by atoms with Crippen molar-refractivity contribution >= 4 is 0 Å². The van der Waals surface area contributed by atoms with Gasteiger partial charge in [0.15, 0.2) is 0 Å². The standard InChI is InChI=1S/C9H19NO3/c1-2-4-11-6-8-13-9-7-12-5-3-10/h7,9H,2-6,8,10H2,1H3/b9-7+. The van der Waals surface area contributed by atoms with Crippen molar-refractivity contribution in [2.75, 3.05) is 33.0 Å². The lowest BCUT2D eigenvalue weighted by atomic mass is 10.5. The van der Waals surface area contributed by atoms with Gasteiger partial charge in [-0.05, 0) is 6.42 Å². The number of hydrogen-bond acceptors (Lipinski definition) is 4. The first kappa shape index (κ1) is 12.3. The van der Waals surface area contributed by atoms with Gasteiger partial charge in [-0.2, -0.15) is 0 Å². The van der Waals surface area contributed by atoms with Gasteiger partial charge in [0.05, 0.1) is 13.2 Å². The second-order valence-corrected chi connectivity index (χ2v) is 2.41. The van der Waals surface area contributed by atoms with E-state index in [-0.39, 0.29) is 0 Å². The maximum absolute atomic E-state index is 5.20. The summed E-state index contributed by atoms with van der Waals surface area (Å²) in [5.41, 5.74) is 5.20. The zero-order valence-corrected chi connectivity index (χ0v) is 8.20. The van der Waals surface area contributed by atoms with Crippen molar-refractivity contribution < 1.29 is 14.2 Å². The Morgan fingerprint density at radius 3 is 2.31 bits per heavy atom. The molecule has 0 aliphatic heterocycles. The fraction of sp³-hybridized carbons (Fsp3) is 0.778. The van der Waals surface area contributed by atoms with E-state index in [9.17, 15) is 0 Å². The average Bonchev–Trinajstić information content (AvgIpc) is 2.16. The molecule has 0 fully saturated rings. The molecule has 0 aromatic heterocycles. The van der Waals surface area contributed by atoms with Crippen LogP contribution < -0.4 is 5.73 Å². The lowest BCUT2D eigenvalue weighted by molar-refractivity contribution is 0.0826. The summed E-state index contributed by atoms with van der Waals surface area (Å²) in [7, 11) is 0. The van der Waals surface area contributed by atoms with Crippen molar-refractivity contribution in [1.29, 1.82) is 0 Å². The lowest BCUT2D eigenvalue weighted by Gasteiger charge is -2.01. The Morgan fingerprint density at radius 2 is 1.69 bits per heavy atom. The summed E-state index contributed by atoms with van der Waals surface area (Å²) in [6.07, 6.45) is 4.03. The van der Waals surface area contributed by atoms with Crippen LogP contribution >= 0.6 is 0 Å². The summed E-state index contributed by atoms with van der Waals surface area (Å²) in [4.78, 5) is 0. The van der Waals surface area contributed by atoms with Crippen molar-refractivity contribution in [3.8, 4) is 0 Å². The van der Waals surface area contributed by atoms with Crippen LogP contribution in [0.3, 0.4) is 0 Å². The first-order valence-corrected chi connectivity index (χ1v) is 4.57. The molecule has 2 N–H and O–H groups in total. The topological polar surface area (TPSA) is 53.7 Å². The van der Waals surface area contributed by atoms with Crippen molar-refractivity contribution in [3.05, 3.63) is 12.5 Å². The van der Waals surface area contributed by atoms with Gasteiger partial charge in [-0.3, -0.25) is 0 Å². The summed E-state index contributed by atoms with van der Waals surface area (Å²) < 4.78 is 15.2. The quantitative estimate of drug-likeness (QED) is 0.432. The fourth-order valence-electron chi connectivity index (χ4n) is 0.636. The van der Waals surface area contributed by atoms with E-state index in [1.54, 1.807) is 0 Å². The highest BCUT2D eigenvalue weighted by molar-refractivity contribution is 4.60. The Balaban J connectivity index is 2.93. The molecule has 0 amide bonds. The number of rotatable bonds is 9. The Bertz CT molecular complexity index is 117. The molecule has 0 saturated heterocycles. The van der Waals surface area contributed by atoms with Crippen molar-refractivity contribution in [2.45, 2.75) is 13.3 Å². The maximum Gasteiger partial charge on any atom is 0.117 e. The van der Waals surface area contributed by atoms with Gasteiger partial charge in [-0.1, -0.05) is 6.92 Å². The van der Waals surface area contributed by atoms with Crippen LogP contribution in [-0.2, 0) is 14.2 Å². The SMILES string of the molecule is CCCOCCO/C=C/OCCN. The second kappa shape index (κ2) is 11.3. The van der Waals surface area contributed by atoms with E-state index in [1.807, 2.05) is 0 Å². The van der Waals surface area contributed by atoms with E-state index in [0.29, 0.717) is 26.4 Å². The molecule has 4 nitrogen and oxygen atoms in total. The third-order valence-electron chi connectivity index (χ3n) is 1.18. The van der Waals surface area contributed by atoms with Crippen molar-refractivity contribution in [1.82, 2.24) is 0 Å². The smallest absolute Gasteiger partial charge is 0.117 e. The van der Waals surface area contributed by atoms with Crippen LogP contribution in [0.15, 0.2) is 12.5 Å². The van der Waals surface area contributed by atoms with E-state index in [1.165, 1.54) is 12.5 Å². The summed E-state index contributed by atoms with van der Waals surface area (Å²) >= 11 is 0. The van der Waals surface area contributed by atoms with Crippen molar-refractivity contribution in [2.24, 2.45) is 5.73 Å². The molecule has 0 unspecified atom stereocenters. The molecule has 0 spiro atoms. The fourth-order valence-corrected chi connectivity index (χ4v) is 0.636. The van der Waals surface area contributed by atoms with Gasteiger partial charge in [0.2, 0.25) is 0 Å². The largest absolute Gasteiger partial charge is 0.497 e. The van der Waals surface area contributed by atoms with Crippen LogP contribution in [0.5, 0.6) is 0 Å². The number of nitrogens with two attached hydrogens (primary N) is 1. The molecular weight excluding hydrogens is 170 g/mol. The van der Waals surface area contributed by atoms with E-state index >= 15 is 0 Å². The molecule has 0 atom stereocenters. The van der Waals surface area contributed by atoms with Crippen LogP contribution in [0.2, 0.25) is 0 Å². The van der Waals surface area contributed by atoms with Crippen LogP contribution in [-0.4, -0.2) is 33.0 Å². The first-order chi connectivity index (χ1) is 6.41.